The lowest BCUT2D eigenvalue weighted by molar-refractivity contribution is -0.221. The topological polar surface area (TPSA) is 207 Å². The van der Waals surface area contributed by atoms with E-state index in [1.807, 2.05) is 0 Å². The zero-order valence-electron chi connectivity index (χ0n) is 26.8. The Labute approximate surface area is 259 Å². The monoisotopic (exact) mass is 637 g/mol. The molecule has 0 aromatic heterocycles. The van der Waals surface area contributed by atoms with Crippen molar-refractivity contribution in [3.8, 4) is 0 Å². The molecule has 4 amide bonds. The summed E-state index contributed by atoms with van der Waals surface area (Å²) >= 11 is 0. The molecule has 0 aromatic carbocycles. The van der Waals surface area contributed by atoms with Crippen LogP contribution < -0.4 is 16.4 Å². The third-order valence-corrected chi connectivity index (χ3v) is 5.65. The minimum Gasteiger partial charge on any atom is -0.460 e. The average molecular weight is 638 g/mol. The zero-order chi connectivity index (χ0) is 33.4. The van der Waals surface area contributed by atoms with E-state index in [0.717, 1.165) is 0 Å². The van der Waals surface area contributed by atoms with Crippen molar-refractivity contribution in [3.05, 3.63) is 0 Å². The quantitative estimate of drug-likeness (QED) is 0.0666. The molecule has 0 heterocycles. The van der Waals surface area contributed by atoms with Gasteiger partial charge in [0, 0.05) is 52.8 Å². The predicted molar refractivity (Wildman–Crippen MR) is 156 cm³/mol. The molecule has 0 radical (unpaired) electrons. The smallest absolute Gasteiger partial charge is 0.441 e. The van der Waals surface area contributed by atoms with Crippen LogP contribution in [0.15, 0.2) is 0 Å². The summed E-state index contributed by atoms with van der Waals surface area (Å²) in [5.41, 5.74) is 5.27. The molecule has 0 saturated carbocycles. The average Bonchev–Trinajstić information content (AvgIpc) is 2.95. The summed E-state index contributed by atoms with van der Waals surface area (Å²) in [5.74, 6) is -0.847. The fourth-order valence-corrected chi connectivity index (χ4v) is 3.58. The molecule has 0 aromatic rings. The summed E-state index contributed by atoms with van der Waals surface area (Å²) in [6.45, 7) is 7.29. The Kier molecular flexibility index (Phi) is 22.1. The van der Waals surface area contributed by atoms with Crippen molar-refractivity contribution in [1.29, 1.82) is 0 Å². The van der Waals surface area contributed by atoms with E-state index in [4.69, 9.17) is 19.9 Å². The van der Waals surface area contributed by atoms with Crippen LogP contribution in [0.2, 0.25) is 0 Å². The third kappa shape index (κ3) is 21.3. The lowest BCUT2D eigenvalue weighted by Gasteiger charge is -2.23. The van der Waals surface area contributed by atoms with Gasteiger partial charge in [0.05, 0.1) is 26.9 Å². The van der Waals surface area contributed by atoms with Crippen LogP contribution in [-0.4, -0.2) is 125 Å². The minimum absolute atomic E-state index is 0.0178. The highest BCUT2D eigenvalue weighted by Gasteiger charge is 2.21. The van der Waals surface area contributed by atoms with Crippen molar-refractivity contribution in [2.75, 3.05) is 73.8 Å². The molecule has 1 unspecified atom stereocenters. The van der Waals surface area contributed by atoms with Crippen molar-refractivity contribution in [2.24, 2.45) is 5.73 Å². The largest absolute Gasteiger partial charge is 0.460 e. The van der Waals surface area contributed by atoms with Crippen LogP contribution in [-0.2, 0) is 43.3 Å². The first-order chi connectivity index (χ1) is 20.8. The molecule has 17 nitrogen and oxygen atoms in total. The van der Waals surface area contributed by atoms with E-state index < -0.39 is 41.8 Å². The van der Waals surface area contributed by atoms with Gasteiger partial charge in [-0.05, 0) is 52.9 Å². The van der Waals surface area contributed by atoms with Crippen LogP contribution in [0.3, 0.4) is 0 Å². The number of nitrogens with one attached hydrogen (secondary N) is 2. The number of rotatable bonds is 22. The summed E-state index contributed by atoms with van der Waals surface area (Å²) in [7, 11) is 3.92. The van der Waals surface area contributed by atoms with Crippen LogP contribution in [0.4, 0.5) is 14.4 Å². The second kappa shape index (κ2) is 24.0. The van der Waals surface area contributed by atoms with Crippen LogP contribution >= 0.6 is 0 Å². The lowest BCUT2D eigenvalue weighted by Crippen LogP contribution is -2.42. The molecule has 0 aliphatic heterocycles. The van der Waals surface area contributed by atoms with E-state index in [1.165, 1.54) is 31.1 Å². The third-order valence-electron chi connectivity index (χ3n) is 5.65. The van der Waals surface area contributed by atoms with Crippen molar-refractivity contribution in [3.63, 3.8) is 0 Å². The number of amides is 4. The molecule has 0 saturated heterocycles. The van der Waals surface area contributed by atoms with E-state index in [9.17, 15) is 24.0 Å². The Hall–Kier alpha value is -3.41. The number of carbonyl (C=O) groups excluding carboxylic acids is 5. The first-order valence-corrected chi connectivity index (χ1v) is 14.5. The number of hydrogen-bond donors (Lipinski definition) is 3. The van der Waals surface area contributed by atoms with Crippen LogP contribution in [0.5, 0.6) is 0 Å². The maximum atomic E-state index is 12.3. The molecular weight excluding hydrogens is 586 g/mol. The molecule has 0 fully saturated rings. The number of nitrogens with zero attached hydrogens (tertiary/aromatic N) is 2. The number of methoxy groups -OCH3 is 1. The van der Waals surface area contributed by atoms with Crippen molar-refractivity contribution in [1.82, 2.24) is 20.4 Å². The van der Waals surface area contributed by atoms with Crippen molar-refractivity contribution >= 4 is 30.2 Å². The van der Waals surface area contributed by atoms with Gasteiger partial charge in [0.2, 0.25) is 5.91 Å². The molecule has 0 rings (SSSR count). The van der Waals surface area contributed by atoms with Gasteiger partial charge in [-0.15, -0.1) is 0 Å². The number of carbonyl (C=O) groups is 5. The van der Waals surface area contributed by atoms with Crippen LogP contribution in [0, 0.1) is 0 Å². The number of hydrogen-bond acceptors (Lipinski definition) is 13. The molecule has 256 valence electrons. The molecule has 0 aliphatic carbocycles. The van der Waals surface area contributed by atoms with Crippen molar-refractivity contribution < 1.29 is 57.7 Å². The number of ether oxygens (including phenoxy) is 3. The first kappa shape index (κ1) is 40.6. The minimum atomic E-state index is -0.879. The standard InChI is InChI=1S/C27H51N5O12/c1-27(2,3)42-22(33)12-11-21(28)23(34)29-13-9-17-31(25(36)43-39-5)15-7-8-16-32(26(37)44-40-6)18-10-14-30-24(35)41-20-19-38-4/h21H,7-20,28H2,1-6H3,(H,29,34)(H,30,35). The fourth-order valence-electron chi connectivity index (χ4n) is 3.58. The molecule has 0 bridgehead atoms. The molecular formula is C27H51N5O12. The number of esters is 1. The zero-order valence-corrected chi connectivity index (χ0v) is 26.8. The van der Waals surface area contributed by atoms with Gasteiger partial charge in [-0.25, -0.2) is 14.4 Å². The fraction of sp³-hybridized carbons (Fsp3) is 0.815. The number of alkyl carbamates (subject to hydrolysis) is 1. The Morgan fingerprint density at radius 2 is 1.25 bits per heavy atom. The Balaban J connectivity index is 4.61. The van der Waals surface area contributed by atoms with Gasteiger partial charge in [0.1, 0.15) is 12.2 Å². The second-order valence-electron chi connectivity index (χ2n) is 10.5. The highest BCUT2D eigenvalue weighted by molar-refractivity contribution is 5.82. The predicted octanol–water partition coefficient (Wildman–Crippen LogP) is 1.48. The molecule has 44 heavy (non-hydrogen) atoms. The number of unbranched alkanes of at least 4 members (excludes halogenated alkanes) is 1. The summed E-state index contributed by atoms with van der Waals surface area (Å²) in [6.07, 6.45) is 0.0169. The van der Waals surface area contributed by atoms with E-state index in [-0.39, 0.29) is 58.8 Å². The maximum Gasteiger partial charge on any atom is 0.441 e. The second-order valence-corrected chi connectivity index (χ2v) is 10.5. The van der Waals surface area contributed by atoms with Gasteiger partial charge in [-0.3, -0.25) is 19.4 Å². The van der Waals surface area contributed by atoms with Crippen LogP contribution in [0.1, 0.15) is 59.3 Å². The SMILES string of the molecule is COCCOC(=O)NCCCN(CCCCN(CCCNC(=O)C(N)CCC(=O)OC(C)(C)C)C(=O)OOC)C(=O)OOC. The first-order valence-electron chi connectivity index (χ1n) is 14.5. The van der Waals surface area contributed by atoms with E-state index >= 15 is 0 Å². The van der Waals surface area contributed by atoms with E-state index in [0.29, 0.717) is 32.2 Å². The van der Waals surface area contributed by atoms with Gasteiger partial charge in [-0.2, -0.15) is 9.78 Å². The molecule has 1 atom stereocenters. The van der Waals surface area contributed by atoms with Gasteiger partial charge in [0.25, 0.3) is 0 Å². The summed E-state index contributed by atoms with van der Waals surface area (Å²) in [6, 6.07) is -0.879. The summed E-state index contributed by atoms with van der Waals surface area (Å²) < 4.78 is 14.9. The molecule has 4 N–H and O–H groups in total. The number of nitrogens with two attached hydrogens (primary N) is 1. The van der Waals surface area contributed by atoms with E-state index in [2.05, 4.69) is 30.2 Å². The van der Waals surface area contributed by atoms with Gasteiger partial charge >= 0.3 is 24.2 Å². The van der Waals surface area contributed by atoms with Crippen molar-refractivity contribution in [2.45, 2.75) is 70.9 Å². The van der Waals surface area contributed by atoms with Gasteiger partial charge in [0.15, 0.2) is 0 Å². The Morgan fingerprint density at radius 3 is 1.73 bits per heavy atom. The highest BCUT2D eigenvalue weighted by atomic mass is 17.2. The Morgan fingerprint density at radius 1 is 0.750 bits per heavy atom. The van der Waals surface area contributed by atoms with Gasteiger partial charge < -0.3 is 40.4 Å². The molecule has 17 heteroatoms. The highest BCUT2D eigenvalue weighted by Crippen LogP contribution is 2.10. The summed E-state index contributed by atoms with van der Waals surface area (Å²) in [5, 5.41) is 5.28. The normalized spacial score (nSPS) is 11.6. The lowest BCUT2D eigenvalue weighted by atomic mass is 10.1. The van der Waals surface area contributed by atoms with Crippen LogP contribution in [0.25, 0.3) is 0 Å². The van der Waals surface area contributed by atoms with E-state index in [1.54, 1.807) is 20.8 Å². The Bertz CT molecular complexity index is 856. The van der Waals surface area contributed by atoms with Gasteiger partial charge in [-0.1, -0.05) is 0 Å². The molecule has 0 aliphatic rings. The summed E-state index contributed by atoms with van der Waals surface area (Å²) in [4.78, 5) is 81.4. The molecule has 0 spiro atoms. The maximum absolute atomic E-state index is 12.3.